The van der Waals surface area contributed by atoms with Crippen molar-refractivity contribution in [2.75, 3.05) is 5.75 Å². The summed E-state index contributed by atoms with van der Waals surface area (Å²) in [5.41, 5.74) is 2.33. The molecular weight excluding hydrogens is 396 g/mol. The quantitative estimate of drug-likeness (QED) is 0.434. The van der Waals surface area contributed by atoms with E-state index in [0.717, 1.165) is 5.56 Å². The Kier molecular flexibility index (Phi) is 7.05. The van der Waals surface area contributed by atoms with Gasteiger partial charge < -0.3 is 9.88 Å². The molecule has 3 rings (SSSR count). The third-order valence-electron chi connectivity index (χ3n) is 4.81. The monoisotopic (exact) mass is 422 g/mol. The lowest BCUT2D eigenvalue weighted by Crippen LogP contribution is -2.33. The number of aromatic nitrogens is 3. The molecular formula is C23H26N4O2S. The van der Waals surface area contributed by atoms with E-state index in [0.29, 0.717) is 22.1 Å². The molecule has 1 N–H and O–H groups in total. The Hall–Kier alpha value is -2.93. The van der Waals surface area contributed by atoms with Gasteiger partial charge in [-0.2, -0.15) is 0 Å². The fraction of sp³-hybridized carbons (Fsp3) is 0.304. The summed E-state index contributed by atoms with van der Waals surface area (Å²) in [6.45, 7) is 6.02. The number of carbonyl (C=O) groups excluding carboxylic acids is 2. The summed E-state index contributed by atoms with van der Waals surface area (Å²) in [5.74, 6) is 0.955. The Labute approximate surface area is 181 Å². The predicted octanol–water partition coefficient (Wildman–Crippen LogP) is 4.23. The first-order valence-electron chi connectivity index (χ1n) is 9.84. The number of amides is 1. The highest BCUT2D eigenvalue weighted by Gasteiger charge is 2.25. The van der Waals surface area contributed by atoms with Crippen molar-refractivity contribution < 1.29 is 9.59 Å². The summed E-state index contributed by atoms with van der Waals surface area (Å²) >= 11 is 1.34. The van der Waals surface area contributed by atoms with Gasteiger partial charge in [0, 0.05) is 18.2 Å². The van der Waals surface area contributed by atoms with E-state index < -0.39 is 0 Å². The molecule has 1 heterocycles. The fourth-order valence-electron chi connectivity index (χ4n) is 3.10. The van der Waals surface area contributed by atoms with Crippen molar-refractivity contribution in [1.82, 2.24) is 20.1 Å². The molecule has 1 amide bonds. The second kappa shape index (κ2) is 9.71. The number of hydrogen-bond donors (Lipinski definition) is 1. The van der Waals surface area contributed by atoms with Gasteiger partial charge in [0.1, 0.15) is 0 Å². The van der Waals surface area contributed by atoms with Crippen LogP contribution in [0.3, 0.4) is 0 Å². The molecule has 6 nitrogen and oxygen atoms in total. The van der Waals surface area contributed by atoms with Crippen molar-refractivity contribution in [2.45, 2.75) is 32.0 Å². The number of carbonyl (C=O) groups is 2. The number of ketones is 1. The Morgan fingerprint density at radius 3 is 2.40 bits per heavy atom. The Morgan fingerprint density at radius 1 is 1.03 bits per heavy atom. The molecule has 1 unspecified atom stereocenters. The lowest BCUT2D eigenvalue weighted by Gasteiger charge is -2.21. The first-order valence-corrected chi connectivity index (χ1v) is 10.8. The average molecular weight is 423 g/mol. The molecule has 0 fully saturated rings. The second-order valence-electron chi connectivity index (χ2n) is 7.54. The van der Waals surface area contributed by atoms with Crippen LogP contribution < -0.4 is 5.32 Å². The molecule has 0 radical (unpaired) electrons. The number of Topliss-reactive ketones (excluding diaryl/α,β-unsaturated/α-hetero) is 1. The van der Waals surface area contributed by atoms with E-state index in [2.05, 4.69) is 15.5 Å². The van der Waals surface area contributed by atoms with Crippen LogP contribution in [0.5, 0.6) is 0 Å². The zero-order valence-corrected chi connectivity index (χ0v) is 18.4. The van der Waals surface area contributed by atoms with Crippen molar-refractivity contribution >= 4 is 23.5 Å². The van der Waals surface area contributed by atoms with Gasteiger partial charge in [0.25, 0.3) is 5.91 Å². The van der Waals surface area contributed by atoms with E-state index >= 15 is 0 Å². The summed E-state index contributed by atoms with van der Waals surface area (Å²) in [5, 5.41) is 12.3. The normalized spacial score (nSPS) is 12.0. The van der Waals surface area contributed by atoms with E-state index in [1.165, 1.54) is 11.8 Å². The van der Waals surface area contributed by atoms with E-state index in [-0.39, 0.29) is 29.4 Å². The Morgan fingerprint density at radius 2 is 1.73 bits per heavy atom. The topological polar surface area (TPSA) is 76.9 Å². The van der Waals surface area contributed by atoms with E-state index in [4.69, 9.17) is 0 Å². The number of aryl methyl sites for hydroxylation is 1. The smallest absolute Gasteiger partial charge is 0.251 e. The van der Waals surface area contributed by atoms with Crippen molar-refractivity contribution in [3.05, 3.63) is 77.1 Å². The minimum atomic E-state index is -0.297. The minimum absolute atomic E-state index is 0.0401. The summed E-state index contributed by atoms with van der Waals surface area (Å²) in [6, 6.07) is 16.4. The highest BCUT2D eigenvalue weighted by atomic mass is 32.2. The van der Waals surface area contributed by atoms with Gasteiger partial charge in [0.15, 0.2) is 16.8 Å². The SMILES string of the molecule is Cc1cccc(C(=O)NC(c2nnc(SCC(=O)c3ccccc3)n2C)C(C)C)c1. The zero-order chi connectivity index (χ0) is 21.7. The van der Waals surface area contributed by atoms with Crippen LogP contribution in [0.4, 0.5) is 0 Å². The molecule has 30 heavy (non-hydrogen) atoms. The van der Waals surface area contributed by atoms with Crippen LogP contribution in [-0.2, 0) is 7.05 Å². The third-order valence-corrected chi connectivity index (χ3v) is 5.83. The number of nitrogens with one attached hydrogen (secondary N) is 1. The van der Waals surface area contributed by atoms with Gasteiger partial charge in [-0.1, -0.05) is 73.6 Å². The van der Waals surface area contributed by atoms with Crippen LogP contribution >= 0.6 is 11.8 Å². The maximum absolute atomic E-state index is 12.8. The number of hydrogen-bond acceptors (Lipinski definition) is 5. The predicted molar refractivity (Wildman–Crippen MR) is 119 cm³/mol. The molecule has 0 aliphatic heterocycles. The average Bonchev–Trinajstić information content (AvgIpc) is 3.10. The third kappa shape index (κ3) is 5.16. The van der Waals surface area contributed by atoms with Crippen molar-refractivity contribution in [3.8, 4) is 0 Å². The highest BCUT2D eigenvalue weighted by Crippen LogP contribution is 2.25. The number of benzene rings is 2. The lowest BCUT2D eigenvalue weighted by molar-refractivity contribution is 0.0921. The molecule has 3 aromatic rings. The highest BCUT2D eigenvalue weighted by molar-refractivity contribution is 7.99. The standard InChI is InChI=1S/C23H26N4O2S/c1-15(2)20(24-22(29)18-12-8-9-16(3)13-18)21-25-26-23(27(21)4)30-14-19(28)17-10-6-5-7-11-17/h5-13,15,20H,14H2,1-4H3,(H,24,29). The molecule has 0 saturated carbocycles. The molecule has 156 valence electrons. The summed E-state index contributed by atoms with van der Waals surface area (Å²) in [4.78, 5) is 25.1. The van der Waals surface area contributed by atoms with E-state index in [1.54, 1.807) is 18.2 Å². The molecule has 7 heteroatoms. The minimum Gasteiger partial charge on any atom is -0.342 e. The lowest BCUT2D eigenvalue weighted by atomic mass is 10.0. The van der Waals surface area contributed by atoms with Crippen LogP contribution in [0, 0.1) is 12.8 Å². The van der Waals surface area contributed by atoms with Crippen LogP contribution in [0.15, 0.2) is 59.8 Å². The number of rotatable bonds is 8. The Balaban J connectivity index is 1.72. The van der Waals surface area contributed by atoms with Gasteiger partial charge in [-0.15, -0.1) is 10.2 Å². The van der Waals surface area contributed by atoms with Crippen LogP contribution in [0.1, 0.15) is 52.0 Å². The fourth-order valence-corrected chi connectivity index (χ4v) is 3.91. The van der Waals surface area contributed by atoms with Crippen molar-refractivity contribution in [1.29, 1.82) is 0 Å². The molecule has 0 aliphatic carbocycles. The van der Waals surface area contributed by atoms with Gasteiger partial charge in [-0.25, -0.2) is 0 Å². The summed E-state index contributed by atoms with van der Waals surface area (Å²) in [7, 11) is 1.86. The molecule has 0 bridgehead atoms. The van der Waals surface area contributed by atoms with Crippen LogP contribution in [-0.4, -0.2) is 32.2 Å². The second-order valence-corrected chi connectivity index (χ2v) is 8.48. The van der Waals surface area contributed by atoms with Crippen molar-refractivity contribution in [3.63, 3.8) is 0 Å². The zero-order valence-electron chi connectivity index (χ0n) is 17.6. The first-order chi connectivity index (χ1) is 14.4. The Bertz CT molecular complexity index is 1030. The first kappa shape index (κ1) is 21.8. The van der Waals surface area contributed by atoms with Gasteiger partial charge in [0.2, 0.25) is 0 Å². The van der Waals surface area contributed by atoms with E-state index in [9.17, 15) is 9.59 Å². The number of nitrogens with zero attached hydrogens (tertiary/aromatic N) is 3. The molecule has 0 saturated heterocycles. The maximum atomic E-state index is 12.8. The van der Waals surface area contributed by atoms with Crippen molar-refractivity contribution in [2.24, 2.45) is 13.0 Å². The number of thioether (sulfide) groups is 1. The van der Waals surface area contributed by atoms with Gasteiger partial charge in [-0.05, 0) is 25.0 Å². The van der Waals surface area contributed by atoms with Crippen LogP contribution in [0.2, 0.25) is 0 Å². The molecule has 2 aromatic carbocycles. The maximum Gasteiger partial charge on any atom is 0.251 e. The van der Waals surface area contributed by atoms with E-state index in [1.807, 2.05) is 68.8 Å². The molecule has 1 aromatic heterocycles. The summed E-state index contributed by atoms with van der Waals surface area (Å²) < 4.78 is 1.85. The summed E-state index contributed by atoms with van der Waals surface area (Å²) in [6.07, 6.45) is 0. The largest absolute Gasteiger partial charge is 0.342 e. The molecule has 1 atom stereocenters. The van der Waals surface area contributed by atoms with Gasteiger partial charge in [0.05, 0.1) is 11.8 Å². The molecule has 0 spiro atoms. The van der Waals surface area contributed by atoms with Gasteiger partial charge in [-0.3, -0.25) is 9.59 Å². The molecule has 0 aliphatic rings. The van der Waals surface area contributed by atoms with Gasteiger partial charge >= 0.3 is 0 Å². The van der Waals surface area contributed by atoms with Crippen LogP contribution in [0.25, 0.3) is 0 Å².